The van der Waals surface area contributed by atoms with Crippen LogP contribution in [0.5, 0.6) is 0 Å². The molecule has 5 heteroatoms. The molecule has 0 bridgehead atoms. The lowest BCUT2D eigenvalue weighted by atomic mass is 9.92. The average Bonchev–Trinajstić information content (AvgIpc) is 2.64. The van der Waals surface area contributed by atoms with Crippen molar-refractivity contribution in [1.29, 1.82) is 0 Å². The van der Waals surface area contributed by atoms with E-state index in [4.69, 9.17) is 0 Å². The summed E-state index contributed by atoms with van der Waals surface area (Å²) in [7, 11) is 0. The molecule has 1 aliphatic heterocycles. The van der Waals surface area contributed by atoms with Crippen molar-refractivity contribution >= 4 is 23.2 Å². The zero-order valence-corrected chi connectivity index (χ0v) is 14.3. The normalized spacial score (nSPS) is 19.9. The van der Waals surface area contributed by atoms with Gasteiger partial charge in [0.15, 0.2) is 0 Å². The standard InChI is InChI=1S/C20H23N3O2/c1-14-13-16(11-12-21-14)20(25)23-18-10-6-5-9-17(18)22-19(24)15-7-3-2-4-8-15/h2-10,14,16,21H,11-13H2,1H3,(H,22,24)(H,23,25)/t14-,16-/m0/s1. The van der Waals surface area contributed by atoms with Crippen molar-refractivity contribution in [3.63, 3.8) is 0 Å². The Morgan fingerprint density at radius 2 is 1.60 bits per heavy atom. The predicted molar refractivity (Wildman–Crippen MR) is 99.7 cm³/mol. The fourth-order valence-electron chi connectivity index (χ4n) is 3.09. The minimum atomic E-state index is -0.196. The summed E-state index contributed by atoms with van der Waals surface area (Å²) in [6.07, 6.45) is 1.65. The van der Waals surface area contributed by atoms with Gasteiger partial charge in [-0.15, -0.1) is 0 Å². The van der Waals surface area contributed by atoms with E-state index in [1.54, 1.807) is 18.2 Å². The van der Waals surface area contributed by atoms with E-state index < -0.39 is 0 Å². The van der Waals surface area contributed by atoms with Crippen LogP contribution in [0.2, 0.25) is 0 Å². The molecule has 130 valence electrons. The maximum absolute atomic E-state index is 12.6. The second-order valence-corrected chi connectivity index (χ2v) is 6.43. The van der Waals surface area contributed by atoms with Crippen molar-refractivity contribution in [2.75, 3.05) is 17.2 Å². The summed E-state index contributed by atoms with van der Waals surface area (Å²) in [6, 6.07) is 16.6. The lowest BCUT2D eigenvalue weighted by Crippen LogP contribution is -2.40. The molecule has 0 unspecified atom stereocenters. The van der Waals surface area contributed by atoms with Crippen molar-refractivity contribution in [3.8, 4) is 0 Å². The monoisotopic (exact) mass is 337 g/mol. The second-order valence-electron chi connectivity index (χ2n) is 6.43. The van der Waals surface area contributed by atoms with Crippen molar-refractivity contribution in [1.82, 2.24) is 5.32 Å². The molecule has 25 heavy (non-hydrogen) atoms. The smallest absolute Gasteiger partial charge is 0.255 e. The number of carbonyl (C=O) groups is 2. The summed E-state index contributed by atoms with van der Waals surface area (Å²) in [6.45, 7) is 2.94. The van der Waals surface area contributed by atoms with Crippen molar-refractivity contribution in [2.45, 2.75) is 25.8 Å². The fraction of sp³-hybridized carbons (Fsp3) is 0.300. The second kappa shape index (κ2) is 7.94. The zero-order chi connectivity index (χ0) is 17.6. The Balaban J connectivity index is 1.70. The highest BCUT2D eigenvalue weighted by Gasteiger charge is 2.25. The molecule has 0 aromatic heterocycles. The summed E-state index contributed by atoms with van der Waals surface area (Å²) in [5.74, 6) is -0.193. The van der Waals surface area contributed by atoms with Crippen LogP contribution in [0, 0.1) is 5.92 Å². The van der Waals surface area contributed by atoms with Crippen LogP contribution in [-0.2, 0) is 4.79 Å². The molecule has 2 aromatic carbocycles. The van der Waals surface area contributed by atoms with Gasteiger partial charge >= 0.3 is 0 Å². The van der Waals surface area contributed by atoms with E-state index in [2.05, 4.69) is 22.9 Å². The first-order chi connectivity index (χ1) is 12.1. The van der Waals surface area contributed by atoms with E-state index in [9.17, 15) is 9.59 Å². The number of para-hydroxylation sites is 2. The Bertz CT molecular complexity index is 746. The van der Waals surface area contributed by atoms with E-state index in [0.717, 1.165) is 19.4 Å². The highest BCUT2D eigenvalue weighted by molar-refractivity contribution is 6.07. The van der Waals surface area contributed by atoms with Gasteiger partial charge in [0.05, 0.1) is 11.4 Å². The highest BCUT2D eigenvalue weighted by Crippen LogP contribution is 2.24. The maximum atomic E-state index is 12.6. The third kappa shape index (κ3) is 4.45. The van der Waals surface area contributed by atoms with Gasteiger partial charge < -0.3 is 16.0 Å². The topological polar surface area (TPSA) is 70.2 Å². The molecule has 5 nitrogen and oxygen atoms in total. The zero-order valence-electron chi connectivity index (χ0n) is 14.3. The molecule has 1 fully saturated rings. The number of piperidine rings is 1. The largest absolute Gasteiger partial charge is 0.324 e. The van der Waals surface area contributed by atoms with Crippen molar-refractivity contribution in [3.05, 3.63) is 60.2 Å². The van der Waals surface area contributed by atoms with Crippen LogP contribution in [0.3, 0.4) is 0 Å². The van der Waals surface area contributed by atoms with Gasteiger partial charge in [-0.05, 0) is 50.6 Å². The van der Waals surface area contributed by atoms with Crippen LogP contribution in [0.25, 0.3) is 0 Å². The van der Waals surface area contributed by atoms with Crippen LogP contribution in [0.4, 0.5) is 11.4 Å². The van der Waals surface area contributed by atoms with Gasteiger partial charge in [0, 0.05) is 17.5 Å². The Hall–Kier alpha value is -2.66. The number of carbonyl (C=O) groups excluding carboxylic acids is 2. The van der Waals surface area contributed by atoms with Crippen LogP contribution < -0.4 is 16.0 Å². The van der Waals surface area contributed by atoms with Gasteiger partial charge in [-0.25, -0.2) is 0 Å². The fourth-order valence-corrected chi connectivity index (χ4v) is 3.09. The maximum Gasteiger partial charge on any atom is 0.255 e. The number of benzene rings is 2. The highest BCUT2D eigenvalue weighted by atomic mass is 16.2. The van der Waals surface area contributed by atoms with E-state index in [-0.39, 0.29) is 17.7 Å². The third-order valence-electron chi connectivity index (χ3n) is 4.46. The van der Waals surface area contributed by atoms with Crippen LogP contribution >= 0.6 is 0 Å². The minimum absolute atomic E-state index is 0.00543. The average molecular weight is 337 g/mol. The molecular weight excluding hydrogens is 314 g/mol. The van der Waals surface area contributed by atoms with Gasteiger partial charge in [-0.3, -0.25) is 9.59 Å². The Morgan fingerprint density at radius 1 is 0.960 bits per heavy atom. The molecule has 0 spiro atoms. The van der Waals surface area contributed by atoms with E-state index in [0.29, 0.717) is 23.0 Å². The van der Waals surface area contributed by atoms with Gasteiger partial charge in [-0.1, -0.05) is 30.3 Å². The minimum Gasteiger partial charge on any atom is -0.324 e. The first kappa shape index (κ1) is 17.2. The van der Waals surface area contributed by atoms with Crippen LogP contribution in [0.1, 0.15) is 30.1 Å². The quantitative estimate of drug-likeness (QED) is 0.802. The first-order valence-corrected chi connectivity index (χ1v) is 8.63. The van der Waals surface area contributed by atoms with Crippen LogP contribution in [-0.4, -0.2) is 24.4 Å². The van der Waals surface area contributed by atoms with Crippen LogP contribution in [0.15, 0.2) is 54.6 Å². The summed E-state index contributed by atoms with van der Waals surface area (Å²) in [5, 5.41) is 9.20. The number of anilines is 2. The number of amides is 2. The molecule has 1 aliphatic rings. The molecule has 1 saturated heterocycles. The van der Waals surface area contributed by atoms with E-state index >= 15 is 0 Å². The van der Waals surface area contributed by atoms with Crippen molar-refractivity contribution in [2.24, 2.45) is 5.92 Å². The van der Waals surface area contributed by atoms with Gasteiger partial charge in [0.2, 0.25) is 5.91 Å². The van der Waals surface area contributed by atoms with Gasteiger partial charge in [0.25, 0.3) is 5.91 Å². The predicted octanol–water partition coefficient (Wildman–Crippen LogP) is 3.27. The summed E-state index contributed by atoms with van der Waals surface area (Å²) >= 11 is 0. The molecule has 1 heterocycles. The summed E-state index contributed by atoms with van der Waals surface area (Å²) < 4.78 is 0. The molecule has 3 N–H and O–H groups in total. The first-order valence-electron chi connectivity index (χ1n) is 8.63. The Labute approximate surface area is 147 Å². The molecule has 0 aliphatic carbocycles. The molecule has 0 radical (unpaired) electrons. The Kier molecular flexibility index (Phi) is 5.46. The molecular formula is C20H23N3O2. The molecule has 3 rings (SSSR count). The lowest BCUT2D eigenvalue weighted by Gasteiger charge is -2.27. The Morgan fingerprint density at radius 3 is 2.28 bits per heavy atom. The van der Waals surface area contributed by atoms with Crippen molar-refractivity contribution < 1.29 is 9.59 Å². The SMILES string of the molecule is C[C@H]1C[C@@H](C(=O)Nc2ccccc2NC(=O)c2ccccc2)CCN1. The van der Waals surface area contributed by atoms with Gasteiger partial charge in [0.1, 0.15) is 0 Å². The van der Waals surface area contributed by atoms with E-state index in [1.165, 1.54) is 0 Å². The third-order valence-corrected chi connectivity index (χ3v) is 4.46. The number of hydrogen-bond acceptors (Lipinski definition) is 3. The number of rotatable bonds is 4. The van der Waals surface area contributed by atoms with E-state index in [1.807, 2.05) is 36.4 Å². The van der Waals surface area contributed by atoms with Gasteiger partial charge in [-0.2, -0.15) is 0 Å². The number of hydrogen-bond donors (Lipinski definition) is 3. The molecule has 2 amide bonds. The molecule has 2 atom stereocenters. The molecule has 0 saturated carbocycles. The summed E-state index contributed by atoms with van der Waals surface area (Å²) in [5.41, 5.74) is 1.81. The summed E-state index contributed by atoms with van der Waals surface area (Å²) in [4.78, 5) is 24.9. The molecule has 2 aromatic rings. The number of nitrogens with one attached hydrogen (secondary N) is 3. The lowest BCUT2D eigenvalue weighted by molar-refractivity contribution is -0.120.